The molecule has 1 N–H and O–H groups in total. The first-order valence-corrected chi connectivity index (χ1v) is 5.91. The highest BCUT2D eigenvalue weighted by Crippen LogP contribution is 2.15. The van der Waals surface area contributed by atoms with E-state index in [-0.39, 0.29) is 12.2 Å². The van der Waals surface area contributed by atoms with Crippen LogP contribution < -0.4 is 0 Å². The number of carboxylic acid groups (broad SMARTS) is 1. The standard InChI is InChI=1S/C12H10FNO2S/c13-9-3-1-8(2-4-9)5-11-14-10(7-17-11)6-12(15)16/h1-4,7H,5-6H2,(H,15,16). The SMILES string of the molecule is O=C(O)Cc1csc(Cc2ccc(F)cc2)n1. The molecular weight excluding hydrogens is 241 g/mol. The molecule has 0 atom stereocenters. The third-order valence-electron chi connectivity index (χ3n) is 2.20. The van der Waals surface area contributed by atoms with E-state index in [0.717, 1.165) is 10.6 Å². The number of benzene rings is 1. The average Bonchev–Trinajstić information content (AvgIpc) is 2.68. The van der Waals surface area contributed by atoms with Crippen LogP contribution in [0.2, 0.25) is 0 Å². The Morgan fingerprint density at radius 2 is 2.06 bits per heavy atom. The fourth-order valence-corrected chi connectivity index (χ4v) is 2.27. The van der Waals surface area contributed by atoms with Crippen LogP contribution >= 0.6 is 11.3 Å². The van der Waals surface area contributed by atoms with Crippen molar-refractivity contribution in [3.05, 3.63) is 51.7 Å². The van der Waals surface area contributed by atoms with Gasteiger partial charge < -0.3 is 5.11 Å². The quantitative estimate of drug-likeness (QED) is 0.908. The van der Waals surface area contributed by atoms with Gasteiger partial charge in [0.25, 0.3) is 0 Å². The van der Waals surface area contributed by atoms with Crippen molar-refractivity contribution >= 4 is 17.3 Å². The lowest BCUT2D eigenvalue weighted by Gasteiger charge is -1.97. The summed E-state index contributed by atoms with van der Waals surface area (Å²) in [5, 5.41) is 11.2. The molecule has 0 fully saturated rings. The number of rotatable bonds is 4. The zero-order chi connectivity index (χ0) is 12.3. The maximum Gasteiger partial charge on any atom is 0.309 e. The summed E-state index contributed by atoms with van der Waals surface area (Å²) in [5.74, 6) is -1.15. The molecule has 2 aromatic rings. The van der Waals surface area contributed by atoms with Gasteiger partial charge in [-0.05, 0) is 17.7 Å². The third kappa shape index (κ3) is 3.35. The van der Waals surface area contributed by atoms with Crippen LogP contribution in [0.1, 0.15) is 16.3 Å². The molecule has 0 aliphatic heterocycles. The number of aliphatic carboxylic acids is 1. The Labute approximate surface area is 102 Å². The monoisotopic (exact) mass is 251 g/mol. The largest absolute Gasteiger partial charge is 0.481 e. The van der Waals surface area contributed by atoms with Crippen molar-refractivity contribution in [2.75, 3.05) is 0 Å². The Kier molecular flexibility index (Phi) is 3.49. The van der Waals surface area contributed by atoms with Crippen LogP contribution in [0.25, 0.3) is 0 Å². The van der Waals surface area contributed by atoms with Crippen LogP contribution in [0.4, 0.5) is 4.39 Å². The van der Waals surface area contributed by atoms with E-state index >= 15 is 0 Å². The number of nitrogens with zero attached hydrogens (tertiary/aromatic N) is 1. The number of thiazole rings is 1. The van der Waals surface area contributed by atoms with Gasteiger partial charge in [0.1, 0.15) is 5.82 Å². The van der Waals surface area contributed by atoms with Gasteiger partial charge in [-0.15, -0.1) is 11.3 Å². The summed E-state index contributed by atoms with van der Waals surface area (Å²) >= 11 is 1.42. The van der Waals surface area contributed by atoms with Gasteiger partial charge in [0, 0.05) is 11.8 Å². The molecule has 1 aromatic carbocycles. The lowest BCUT2D eigenvalue weighted by atomic mass is 10.1. The highest BCUT2D eigenvalue weighted by Gasteiger charge is 2.06. The minimum atomic E-state index is -0.886. The van der Waals surface area contributed by atoms with E-state index in [1.165, 1.54) is 23.5 Å². The summed E-state index contributed by atoms with van der Waals surface area (Å²) in [7, 11) is 0. The Balaban J connectivity index is 2.06. The summed E-state index contributed by atoms with van der Waals surface area (Å²) < 4.78 is 12.7. The van der Waals surface area contributed by atoms with Crippen molar-refractivity contribution in [2.45, 2.75) is 12.8 Å². The van der Waals surface area contributed by atoms with Gasteiger partial charge >= 0.3 is 5.97 Å². The summed E-state index contributed by atoms with van der Waals surface area (Å²) in [6.45, 7) is 0. The van der Waals surface area contributed by atoms with Crippen LogP contribution in [-0.4, -0.2) is 16.1 Å². The van der Waals surface area contributed by atoms with Crippen LogP contribution in [0.3, 0.4) is 0 Å². The van der Waals surface area contributed by atoms with Crippen LogP contribution in [0.5, 0.6) is 0 Å². The first-order chi connectivity index (χ1) is 8.13. The van der Waals surface area contributed by atoms with Crippen molar-refractivity contribution in [3.8, 4) is 0 Å². The van der Waals surface area contributed by atoms with Crippen LogP contribution in [0.15, 0.2) is 29.6 Å². The molecule has 0 unspecified atom stereocenters. The predicted molar refractivity (Wildman–Crippen MR) is 62.7 cm³/mol. The minimum absolute atomic E-state index is 0.0556. The summed E-state index contributed by atoms with van der Waals surface area (Å²) in [5.41, 5.74) is 1.53. The van der Waals surface area contributed by atoms with Crippen molar-refractivity contribution in [1.29, 1.82) is 0 Å². The third-order valence-corrected chi connectivity index (χ3v) is 3.10. The Bertz CT molecular complexity index is 522. The van der Waals surface area contributed by atoms with Crippen molar-refractivity contribution < 1.29 is 14.3 Å². The summed E-state index contributed by atoms with van der Waals surface area (Å²) in [4.78, 5) is 14.7. The first kappa shape index (κ1) is 11.7. The van der Waals surface area contributed by atoms with E-state index in [0.29, 0.717) is 12.1 Å². The van der Waals surface area contributed by atoms with Crippen molar-refractivity contribution in [3.63, 3.8) is 0 Å². The number of carboxylic acids is 1. The van der Waals surface area contributed by atoms with Crippen molar-refractivity contribution in [2.24, 2.45) is 0 Å². The van der Waals surface area contributed by atoms with Gasteiger partial charge in [-0.2, -0.15) is 0 Å². The molecule has 0 aliphatic carbocycles. The number of carbonyl (C=O) groups is 1. The topological polar surface area (TPSA) is 50.2 Å². The molecule has 0 saturated carbocycles. The van der Waals surface area contributed by atoms with E-state index in [1.54, 1.807) is 17.5 Å². The van der Waals surface area contributed by atoms with Gasteiger partial charge in [0.05, 0.1) is 17.1 Å². The van der Waals surface area contributed by atoms with Crippen LogP contribution in [0, 0.1) is 5.82 Å². The second-order valence-electron chi connectivity index (χ2n) is 3.61. The molecule has 1 aromatic heterocycles. The highest BCUT2D eigenvalue weighted by atomic mass is 32.1. The van der Waals surface area contributed by atoms with E-state index < -0.39 is 5.97 Å². The zero-order valence-corrected chi connectivity index (χ0v) is 9.71. The molecule has 0 amide bonds. The first-order valence-electron chi connectivity index (χ1n) is 5.03. The maximum atomic E-state index is 12.7. The molecule has 0 radical (unpaired) electrons. The summed E-state index contributed by atoms with van der Waals surface area (Å²) in [6, 6.07) is 6.21. The van der Waals surface area contributed by atoms with Gasteiger partial charge in [0.15, 0.2) is 0 Å². The molecule has 3 nitrogen and oxygen atoms in total. The summed E-state index contributed by atoms with van der Waals surface area (Å²) in [6.07, 6.45) is 0.546. The second kappa shape index (κ2) is 5.05. The van der Waals surface area contributed by atoms with Gasteiger partial charge in [-0.25, -0.2) is 9.37 Å². The highest BCUT2D eigenvalue weighted by molar-refractivity contribution is 7.09. The lowest BCUT2D eigenvalue weighted by Crippen LogP contribution is -2.00. The number of hydrogen-bond acceptors (Lipinski definition) is 3. The van der Waals surface area contributed by atoms with E-state index in [1.807, 2.05) is 0 Å². The molecule has 0 bridgehead atoms. The molecule has 0 spiro atoms. The Morgan fingerprint density at radius 1 is 1.35 bits per heavy atom. The fourth-order valence-electron chi connectivity index (χ4n) is 1.44. The van der Waals surface area contributed by atoms with Gasteiger partial charge in [0.2, 0.25) is 0 Å². The van der Waals surface area contributed by atoms with Crippen LogP contribution in [-0.2, 0) is 17.6 Å². The number of aromatic nitrogens is 1. The van der Waals surface area contributed by atoms with Gasteiger partial charge in [-0.3, -0.25) is 4.79 Å². The predicted octanol–water partition coefficient (Wildman–Crippen LogP) is 2.50. The normalized spacial score (nSPS) is 10.4. The molecule has 0 aliphatic rings. The average molecular weight is 251 g/mol. The number of hydrogen-bond donors (Lipinski definition) is 1. The van der Waals surface area contributed by atoms with E-state index in [2.05, 4.69) is 4.98 Å². The molecular formula is C12H10FNO2S. The lowest BCUT2D eigenvalue weighted by molar-refractivity contribution is -0.136. The van der Waals surface area contributed by atoms with Gasteiger partial charge in [-0.1, -0.05) is 12.1 Å². The van der Waals surface area contributed by atoms with Crippen molar-refractivity contribution in [1.82, 2.24) is 4.98 Å². The molecule has 5 heteroatoms. The zero-order valence-electron chi connectivity index (χ0n) is 8.89. The van der Waals surface area contributed by atoms with E-state index in [9.17, 15) is 9.18 Å². The molecule has 2 rings (SSSR count). The number of halogens is 1. The molecule has 17 heavy (non-hydrogen) atoms. The van der Waals surface area contributed by atoms with E-state index in [4.69, 9.17) is 5.11 Å². The molecule has 1 heterocycles. The second-order valence-corrected chi connectivity index (χ2v) is 4.55. The Morgan fingerprint density at radius 3 is 2.71 bits per heavy atom. The minimum Gasteiger partial charge on any atom is -0.481 e. The molecule has 88 valence electrons. The Hall–Kier alpha value is -1.75. The maximum absolute atomic E-state index is 12.7. The fraction of sp³-hybridized carbons (Fsp3) is 0.167. The molecule has 0 saturated heterocycles. The smallest absolute Gasteiger partial charge is 0.309 e.